The number of piperidine rings is 1. The molecule has 3 atom stereocenters. The van der Waals surface area contributed by atoms with Crippen LogP contribution in [0.15, 0.2) is 24.3 Å². The number of hydrogen-bond donors (Lipinski definition) is 2. The molecule has 2 amide bonds. The number of benzene rings is 1. The second kappa shape index (κ2) is 6.91. The van der Waals surface area contributed by atoms with Gasteiger partial charge in [0.2, 0.25) is 0 Å². The normalized spacial score (nSPS) is 23.7. The summed E-state index contributed by atoms with van der Waals surface area (Å²) in [4.78, 5) is 14.1. The fraction of sp³-hybridized carbons (Fsp3) is 0.562. The highest BCUT2D eigenvalue weighted by molar-refractivity contribution is 5.89. The number of aliphatic hydroxyl groups excluding tert-OH is 1. The number of methoxy groups -OCH3 is 1. The summed E-state index contributed by atoms with van der Waals surface area (Å²) >= 11 is 0. The minimum Gasteiger partial charge on any atom is -0.389 e. The largest absolute Gasteiger partial charge is 0.389 e. The van der Waals surface area contributed by atoms with Crippen LogP contribution in [0.25, 0.3) is 0 Å². The van der Waals surface area contributed by atoms with Crippen LogP contribution in [0, 0.1) is 5.92 Å². The summed E-state index contributed by atoms with van der Waals surface area (Å²) in [6.07, 6.45) is 0.551. The smallest absolute Gasteiger partial charge is 0.321 e. The Kier molecular flexibility index (Phi) is 5.20. The highest BCUT2D eigenvalue weighted by Gasteiger charge is 2.28. The Morgan fingerprint density at radius 2 is 2.10 bits per heavy atom. The Labute approximate surface area is 125 Å². The van der Waals surface area contributed by atoms with E-state index in [2.05, 4.69) is 12.2 Å². The lowest BCUT2D eigenvalue weighted by Crippen LogP contribution is -2.48. The van der Waals surface area contributed by atoms with Crippen molar-refractivity contribution in [1.29, 1.82) is 0 Å². The molecule has 0 bridgehead atoms. The van der Waals surface area contributed by atoms with Gasteiger partial charge in [0.15, 0.2) is 0 Å². The number of ether oxygens (including phenoxy) is 1. The van der Waals surface area contributed by atoms with Gasteiger partial charge in [0.1, 0.15) is 0 Å². The zero-order chi connectivity index (χ0) is 15.4. The quantitative estimate of drug-likeness (QED) is 0.900. The molecule has 3 unspecified atom stereocenters. The Morgan fingerprint density at radius 1 is 1.43 bits per heavy atom. The summed E-state index contributed by atoms with van der Waals surface area (Å²) in [6, 6.07) is 7.14. The molecule has 1 aromatic rings. The molecule has 0 saturated carbocycles. The number of urea groups is 1. The molecule has 5 heteroatoms. The standard InChI is InChI=1S/C16H24N2O3/c1-11-8-9-18(10-15(11)21-3)16(20)17-14-6-4-13(5-7-14)12(2)19/h4-7,11-12,15,19H,8-10H2,1-3H3,(H,17,20). The first-order valence-corrected chi connectivity index (χ1v) is 7.38. The molecule has 1 fully saturated rings. The molecule has 2 N–H and O–H groups in total. The maximum Gasteiger partial charge on any atom is 0.321 e. The average Bonchev–Trinajstić information content (AvgIpc) is 2.48. The summed E-state index contributed by atoms with van der Waals surface area (Å²) in [5.74, 6) is 0.476. The topological polar surface area (TPSA) is 61.8 Å². The summed E-state index contributed by atoms with van der Waals surface area (Å²) in [5, 5.41) is 12.4. The maximum absolute atomic E-state index is 12.3. The summed E-state index contributed by atoms with van der Waals surface area (Å²) < 4.78 is 5.43. The molecule has 0 spiro atoms. The number of aliphatic hydroxyl groups is 1. The first-order chi connectivity index (χ1) is 10.0. The highest BCUT2D eigenvalue weighted by Crippen LogP contribution is 2.21. The number of nitrogens with zero attached hydrogens (tertiary/aromatic N) is 1. The molecule has 1 aliphatic rings. The molecule has 116 valence electrons. The zero-order valence-corrected chi connectivity index (χ0v) is 12.9. The Bertz CT molecular complexity index is 473. The van der Waals surface area contributed by atoms with Gasteiger partial charge >= 0.3 is 6.03 Å². The van der Waals surface area contributed by atoms with Crippen molar-refractivity contribution in [3.63, 3.8) is 0 Å². The van der Waals surface area contributed by atoms with Gasteiger partial charge in [0, 0.05) is 25.9 Å². The summed E-state index contributed by atoms with van der Waals surface area (Å²) in [5.41, 5.74) is 1.57. The minimum absolute atomic E-state index is 0.0992. The van der Waals surface area contributed by atoms with Gasteiger partial charge in [-0.3, -0.25) is 0 Å². The van der Waals surface area contributed by atoms with Crippen molar-refractivity contribution in [2.24, 2.45) is 5.92 Å². The number of hydrogen-bond acceptors (Lipinski definition) is 3. The van der Waals surface area contributed by atoms with Crippen molar-refractivity contribution >= 4 is 11.7 Å². The number of rotatable bonds is 3. The van der Waals surface area contributed by atoms with Crippen LogP contribution in [0.4, 0.5) is 10.5 Å². The molecule has 0 radical (unpaired) electrons. The van der Waals surface area contributed by atoms with E-state index >= 15 is 0 Å². The van der Waals surface area contributed by atoms with Gasteiger partial charge in [-0.2, -0.15) is 0 Å². The number of nitrogens with one attached hydrogen (secondary N) is 1. The lowest BCUT2D eigenvalue weighted by molar-refractivity contribution is 0.00896. The molecular weight excluding hydrogens is 268 g/mol. The van der Waals surface area contributed by atoms with Gasteiger partial charge in [-0.15, -0.1) is 0 Å². The van der Waals surface area contributed by atoms with E-state index in [-0.39, 0.29) is 12.1 Å². The van der Waals surface area contributed by atoms with E-state index in [1.807, 2.05) is 12.1 Å². The number of likely N-dealkylation sites (tertiary alicyclic amines) is 1. The van der Waals surface area contributed by atoms with Gasteiger partial charge in [0.05, 0.1) is 12.2 Å². The molecule has 1 heterocycles. The second-order valence-corrected chi connectivity index (χ2v) is 5.71. The molecule has 5 nitrogen and oxygen atoms in total. The van der Waals surface area contributed by atoms with Crippen LogP contribution in [0.2, 0.25) is 0 Å². The molecule has 0 aromatic heterocycles. The van der Waals surface area contributed by atoms with Crippen molar-refractivity contribution in [3.05, 3.63) is 29.8 Å². The van der Waals surface area contributed by atoms with Crippen LogP contribution < -0.4 is 5.32 Å². The Morgan fingerprint density at radius 3 is 2.67 bits per heavy atom. The Balaban J connectivity index is 1.95. The molecular formula is C16H24N2O3. The molecule has 1 saturated heterocycles. The van der Waals surface area contributed by atoms with Crippen LogP contribution >= 0.6 is 0 Å². The van der Waals surface area contributed by atoms with Crippen LogP contribution in [0.3, 0.4) is 0 Å². The summed E-state index contributed by atoms with van der Waals surface area (Å²) in [7, 11) is 1.69. The van der Waals surface area contributed by atoms with Crippen LogP contribution in [-0.4, -0.2) is 42.3 Å². The summed E-state index contributed by atoms with van der Waals surface area (Å²) in [6.45, 7) is 5.24. The molecule has 2 rings (SSSR count). The number of carbonyl (C=O) groups excluding carboxylic acids is 1. The first kappa shape index (κ1) is 15.8. The van der Waals surface area contributed by atoms with Crippen LogP contribution in [0.5, 0.6) is 0 Å². The molecule has 21 heavy (non-hydrogen) atoms. The predicted octanol–water partition coefficient (Wildman–Crippen LogP) is 2.63. The van der Waals surface area contributed by atoms with Gasteiger partial charge < -0.3 is 20.1 Å². The second-order valence-electron chi connectivity index (χ2n) is 5.71. The van der Waals surface area contributed by atoms with Gasteiger partial charge in [-0.1, -0.05) is 19.1 Å². The predicted molar refractivity (Wildman–Crippen MR) is 82.2 cm³/mol. The lowest BCUT2D eigenvalue weighted by Gasteiger charge is -2.36. The van der Waals surface area contributed by atoms with E-state index in [4.69, 9.17) is 4.74 Å². The molecule has 0 aliphatic carbocycles. The first-order valence-electron chi connectivity index (χ1n) is 7.38. The average molecular weight is 292 g/mol. The third-order valence-electron chi connectivity index (χ3n) is 4.12. The zero-order valence-electron chi connectivity index (χ0n) is 12.9. The van der Waals surface area contributed by atoms with E-state index in [0.717, 1.165) is 24.2 Å². The van der Waals surface area contributed by atoms with Gasteiger partial charge in [-0.25, -0.2) is 4.79 Å². The molecule has 1 aromatic carbocycles. The highest BCUT2D eigenvalue weighted by atomic mass is 16.5. The van der Waals surface area contributed by atoms with E-state index in [0.29, 0.717) is 12.5 Å². The van der Waals surface area contributed by atoms with Crippen LogP contribution in [-0.2, 0) is 4.74 Å². The van der Waals surface area contributed by atoms with Crippen LogP contribution in [0.1, 0.15) is 31.9 Å². The number of carbonyl (C=O) groups is 1. The van der Waals surface area contributed by atoms with Gasteiger partial charge in [-0.05, 0) is 37.0 Å². The van der Waals surface area contributed by atoms with Crippen molar-refractivity contribution in [2.75, 3.05) is 25.5 Å². The monoisotopic (exact) mass is 292 g/mol. The van der Waals surface area contributed by atoms with Crippen molar-refractivity contribution in [3.8, 4) is 0 Å². The van der Waals surface area contributed by atoms with E-state index in [1.165, 1.54) is 0 Å². The van der Waals surface area contributed by atoms with Crippen molar-refractivity contribution < 1.29 is 14.6 Å². The SMILES string of the molecule is COC1CN(C(=O)Nc2ccc(C(C)O)cc2)CCC1C. The van der Waals surface area contributed by atoms with E-state index in [9.17, 15) is 9.90 Å². The Hall–Kier alpha value is -1.59. The fourth-order valence-electron chi connectivity index (χ4n) is 2.57. The van der Waals surface area contributed by atoms with Crippen molar-refractivity contribution in [2.45, 2.75) is 32.5 Å². The number of anilines is 1. The van der Waals surface area contributed by atoms with Gasteiger partial charge in [0.25, 0.3) is 0 Å². The third kappa shape index (κ3) is 3.95. The third-order valence-corrected chi connectivity index (χ3v) is 4.12. The van der Waals surface area contributed by atoms with E-state index in [1.54, 1.807) is 31.1 Å². The fourth-order valence-corrected chi connectivity index (χ4v) is 2.57. The minimum atomic E-state index is -0.499. The molecule has 1 aliphatic heterocycles. The number of amides is 2. The van der Waals surface area contributed by atoms with Crippen molar-refractivity contribution in [1.82, 2.24) is 4.90 Å². The lowest BCUT2D eigenvalue weighted by atomic mass is 9.96. The van der Waals surface area contributed by atoms with E-state index < -0.39 is 6.10 Å². The maximum atomic E-state index is 12.3.